The van der Waals surface area contributed by atoms with Crippen molar-refractivity contribution in [2.75, 3.05) is 26.0 Å². The third-order valence-corrected chi connectivity index (χ3v) is 8.80. The molecule has 0 aliphatic heterocycles. The molecule has 202 valence electrons. The minimum Gasteiger partial charge on any atom is -0.382 e. The summed E-state index contributed by atoms with van der Waals surface area (Å²) in [6.07, 6.45) is 4.15. The van der Waals surface area contributed by atoms with Crippen molar-refractivity contribution in [3.63, 3.8) is 0 Å². The van der Waals surface area contributed by atoms with Crippen LogP contribution in [0.3, 0.4) is 0 Å². The molecule has 4 rings (SSSR count). The quantitative estimate of drug-likeness (QED) is 0.167. The number of fused-ring (bicyclic) bond motifs is 1. The number of benzene rings is 3. The number of sulfonamides is 1. The molecule has 5 N–H and O–H groups in total. The monoisotopic (exact) mass is 536 g/mol. The minimum atomic E-state index is -4.05. The smallest absolute Gasteiger partial charge is 0.241 e. The Morgan fingerprint density at radius 1 is 1.00 bits per heavy atom. The highest BCUT2D eigenvalue weighted by Crippen LogP contribution is 2.30. The molecule has 3 aromatic rings. The zero-order valence-electron chi connectivity index (χ0n) is 22.1. The average molecular weight is 537 g/mol. The molecule has 1 aliphatic rings. The highest BCUT2D eigenvalue weighted by Gasteiger charge is 2.32. The summed E-state index contributed by atoms with van der Waals surface area (Å²) in [5, 5.41) is 4.93. The molecule has 0 heterocycles. The van der Waals surface area contributed by atoms with Crippen LogP contribution >= 0.6 is 0 Å². The summed E-state index contributed by atoms with van der Waals surface area (Å²) in [6.45, 7) is 0. The first-order chi connectivity index (χ1) is 18.1. The van der Waals surface area contributed by atoms with Crippen molar-refractivity contribution in [3.8, 4) is 0 Å². The fourth-order valence-electron chi connectivity index (χ4n) is 5.16. The third-order valence-electron chi connectivity index (χ3n) is 7.27. The van der Waals surface area contributed by atoms with Crippen LogP contribution in [0.15, 0.2) is 70.7 Å². The Hall–Kier alpha value is -3.63. The number of carbonyl (C=O) groups excluding carboxylic acids is 1. The van der Waals surface area contributed by atoms with E-state index in [0.29, 0.717) is 10.9 Å². The Morgan fingerprint density at radius 3 is 2.26 bits per heavy atom. The Labute approximate surface area is 224 Å². The number of likely N-dealkylation sites (N-methyl/N-ethyl adjacent to an activating group) is 1. The molecule has 0 saturated heterocycles. The van der Waals surface area contributed by atoms with Crippen molar-refractivity contribution in [2.24, 2.45) is 16.7 Å². The molecule has 0 bridgehead atoms. The van der Waals surface area contributed by atoms with Crippen molar-refractivity contribution in [2.45, 2.75) is 49.1 Å². The molecular weight excluding hydrogens is 500 g/mol. The van der Waals surface area contributed by atoms with Gasteiger partial charge >= 0.3 is 0 Å². The third kappa shape index (κ3) is 5.76. The Balaban J connectivity index is 1.69. The molecule has 9 nitrogen and oxygen atoms in total. The summed E-state index contributed by atoms with van der Waals surface area (Å²) in [5.41, 5.74) is 8.14. The summed E-state index contributed by atoms with van der Waals surface area (Å²) in [4.78, 5) is 17.5. The summed E-state index contributed by atoms with van der Waals surface area (Å²) in [7, 11) is 1.55. The number of carbonyl (C=O) groups is 1. The number of amides is 1. The maximum absolute atomic E-state index is 13.8. The number of hydrogen-bond donors (Lipinski definition) is 3. The zero-order chi connectivity index (χ0) is 27.4. The SMILES string of the molecule is CN(C)c1cccc2c(S(=O)(=O)N[C@@H](Cc3ccc(/C(N)=N/N)cc3)C(=O)N(C)C3CCCC3)cccc12. The highest BCUT2D eigenvalue weighted by molar-refractivity contribution is 7.89. The lowest BCUT2D eigenvalue weighted by atomic mass is 10.0. The number of nitrogens with one attached hydrogen (secondary N) is 1. The van der Waals surface area contributed by atoms with Crippen molar-refractivity contribution < 1.29 is 13.2 Å². The van der Waals surface area contributed by atoms with Gasteiger partial charge in [-0.05, 0) is 37.0 Å². The van der Waals surface area contributed by atoms with Gasteiger partial charge in [0, 0.05) is 49.2 Å². The molecule has 0 radical (unpaired) electrons. The van der Waals surface area contributed by atoms with Crippen LogP contribution in [-0.2, 0) is 21.2 Å². The normalized spacial score (nSPS) is 15.5. The van der Waals surface area contributed by atoms with E-state index in [-0.39, 0.29) is 29.1 Å². The van der Waals surface area contributed by atoms with Gasteiger partial charge in [0.15, 0.2) is 0 Å². The number of rotatable bonds is 9. The van der Waals surface area contributed by atoms with E-state index in [9.17, 15) is 13.2 Å². The maximum atomic E-state index is 13.8. The first-order valence-corrected chi connectivity index (χ1v) is 14.2. The molecule has 38 heavy (non-hydrogen) atoms. The van der Waals surface area contributed by atoms with Crippen LogP contribution in [0.5, 0.6) is 0 Å². The molecule has 1 atom stereocenters. The number of nitrogens with two attached hydrogens (primary N) is 2. The summed E-state index contributed by atoms with van der Waals surface area (Å²) in [6, 6.07) is 17.0. The van der Waals surface area contributed by atoms with Gasteiger partial charge in [-0.15, -0.1) is 0 Å². The van der Waals surface area contributed by atoms with Gasteiger partial charge in [0.25, 0.3) is 0 Å². The molecule has 3 aromatic carbocycles. The van der Waals surface area contributed by atoms with Crippen LogP contribution < -0.4 is 21.2 Å². The van der Waals surface area contributed by atoms with Crippen molar-refractivity contribution in [3.05, 3.63) is 71.8 Å². The van der Waals surface area contributed by atoms with Crippen LogP contribution in [0.4, 0.5) is 5.69 Å². The van der Waals surface area contributed by atoms with E-state index in [4.69, 9.17) is 11.6 Å². The number of hydrazone groups is 1. The molecule has 0 unspecified atom stereocenters. The van der Waals surface area contributed by atoms with Gasteiger partial charge in [0.1, 0.15) is 11.9 Å². The van der Waals surface area contributed by atoms with E-state index in [2.05, 4.69) is 9.82 Å². The van der Waals surface area contributed by atoms with Gasteiger partial charge < -0.3 is 21.4 Å². The molecule has 10 heteroatoms. The van der Waals surface area contributed by atoms with E-state index in [1.54, 1.807) is 54.4 Å². The number of nitrogens with zero attached hydrogens (tertiary/aromatic N) is 3. The fraction of sp³-hybridized carbons (Fsp3) is 0.357. The highest BCUT2D eigenvalue weighted by atomic mass is 32.2. The first kappa shape index (κ1) is 27.4. The molecule has 1 amide bonds. The lowest BCUT2D eigenvalue weighted by Crippen LogP contribution is -2.50. The number of anilines is 1. The van der Waals surface area contributed by atoms with Gasteiger partial charge in [-0.25, -0.2) is 8.42 Å². The fourth-order valence-corrected chi connectivity index (χ4v) is 6.57. The molecule has 1 fully saturated rings. The lowest BCUT2D eigenvalue weighted by molar-refractivity contribution is -0.133. The largest absolute Gasteiger partial charge is 0.382 e. The van der Waals surface area contributed by atoms with Crippen molar-refractivity contribution >= 4 is 38.2 Å². The zero-order valence-corrected chi connectivity index (χ0v) is 22.9. The second kappa shape index (κ2) is 11.4. The van der Waals surface area contributed by atoms with Gasteiger partial charge in [0.05, 0.1) is 4.90 Å². The van der Waals surface area contributed by atoms with Gasteiger partial charge in [0.2, 0.25) is 15.9 Å². The van der Waals surface area contributed by atoms with Crippen LogP contribution in [0.1, 0.15) is 36.8 Å². The molecule has 1 saturated carbocycles. The van der Waals surface area contributed by atoms with Crippen LogP contribution in [0.2, 0.25) is 0 Å². The Bertz CT molecular complexity index is 1430. The van der Waals surface area contributed by atoms with Crippen LogP contribution in [0, 0.1) is 0 Å². The summed E-state index contributed by atoms with van der Waals surface area (Å²) in [5.74, 6) is 5.22. The van der Waals surface area contributed by atoms with Crippen LogP contribution in [0.25, 0.3) is 10.8 Å². The number of hydrogen-bond acceptors (Lipinski definition) is 6. The second-order valence-electron chi connectivity index (χ2n) is 10.00. The Kier molecular flexibility index (Phi) is 8.23. The van der Waals surface area contributed by atoms with Gasteiger partial charge in [-0.2, -0.15) is 9.82 Å². The van der Waals surface area contributed by atoms with E-state index >= 15 is 0 Å². The number of amidine groups is 1. The molecular formula is C28H36N6O3S. The molecule has 1 aliphatic carbocycles. The lowest BCUT2D eigenvalue weighted by Gasteiger charge is -2.29. The summed E-state index contributed by atoms with van der Waals surface area (Å²) >= 11 is 0. The molecule has 0 aromatic heterocycles. The predicted molar refractivity (Wildman–Crippen MR) is 152 cm³/mol. The standard InChI is InChI=1S/C28H36N6O3S/c1-33(2)25-12-6-11-23-22(25)10-7-13-26(23)38(36,37)32-24(28(35)34(3)21-8-4-5-9-21)18-19-14-16-20(17-15-19)27(29)31-30/h6-7,10-17,21,24,32H,4-5,8-9,18,30H2,1-3H3,(H2,29,31)/t24-/m0/s1. The second-order valence-corrected chi connectivity index (χ2v) is 11.7. The van der Waals surface area contributed by atoms with Gasteiger partial charge in [-0.3, -0.25) is 4.79 Å². The van der Waals surface area contributed by atoms with E-state index < -0.39 is 16.1 Å². The topological polar surface area (TPSA) is 134 Å². The van der Waals surface area contributed by atoms with Crippen LogP contribution in [-0.4, -0.2) is 58.3 Å². The van der Waals surface area contributed by atoms with E-state index in [0.717, 1.165) is 42.3 Å². The van der Waals surface area contributed by atoms with Crippen molar-refractivity contribution in [1.29, 1.82) is 0 Å². The first-order valence-electron chi connectivity index (χ1n) is 12.7. The predicted octanol–water partition coefficient (Wildman–Crippen LogP) is 2.78. The van der Waals surface area contributed by atoms with Gasteiger partial charge in [-0.1, -0.05) is 61.4 Å². The maximum Gasteiger partial charge on any atom is 0.241 e. The Morgan fingerprint density at radius 2 is 1.63 bits per heavy atom. The van der Waals surface area contributed by atoms with Crippen molar-refractivity contribution in [1.82, 2.24) is 9.62 Å². The van der Waals surface area contributed by atoms with E-state index in [1.807, 2.05) is 37.2 Å². The average Bonchev–Trinajstić information content (AvgIpc) is 3.46. The minimum absolute atomic E-state index is 0.109. The molecule has 0 spiro atoms. The van der Waals surface area contributed by atoms with E-state index in [1.165, 1.54) is 0 Å². The summed E-state index contributed by atoms with van der Waals surface area (Å²) < 4.78 is 30.4.